The van der Waals surface area contributed by atoms with Crippen LogP contribution in [-0.4, -0.2) is 45.9 Å². The molecule has 0 atom stereocenters. The molecule has 0 amide bonds. The minimum atomic E-state index is -4.52. The summed E-state index contributed by atoms with van der Waals surface area (Å²) in [4.78, 5) is 58.9. The monoisotopic (exact) mass is 586 g/mol. The summed E-state index contributed by atoms with van der Waals surface area (Å²) in [5.41, 5.74) is 0. The first-order chi connectivity index (χ1) is 14.2. The normalized spacial score (nSPS) is 9.73. The zero-order valence-electron chi connectivity index (χ0n) is 15.2. The maximum Gasteiger partial charge on any atom is 0 e. The molecule has 0 aliphatic carbocycles. The van der Waals surface area contributed by atoms with Gasteiger partial charge >= 0.3 is 168 Å². The van der Waals surface area contributed by atoms with Crippen molar-refractivity contribution in [3.05, 3.63) is 87.6 Å². The van der Waals surface area contributed by atoms with Crippen molar-refractivity contribution in [2.75, 3.05) is 0 Å². The van der Waals surface area contributed by atoms with E-state index in [9.17, 15) is 24.0 Å². The molecule has 3 rings (SSSR count). The van der Waals surface area contributed by atoms with E-state index in [4.69, 9.17) is 0 Å². The molecule has 0 unspecified atom stereocenters. The second kappa shape index (κ2) is 10.2. The number of hydrogen-bond donors (Lipinski definition) is 0. The van der Waals surface area contributed by atoms with Crippen LogP contribution in [0.2, 0.25) is 0 Å². The van der Waals surface area contributed by atoms with Crippen LogP contribution in [0.15, 0.2) is 66.7 Å². The molecule has 0 saturated carbocycles. The molecule has 0 heterocycles. The molecule has 5 nitrogen and oxygen atoms in total. The average molecular weight is 585 g/mol. The van der Waals surface area contributed by atoms with Crippen molar-refractivity contribution in [3.8, 4) is 0 Å². The average Bonchev–Trinajstić information content (AvgIpc) is 2.80. The standard InChI is InChI=1S/C10HO4.2C6H5.CO.Mo.Sb/c11-3-7-1-2-8(4-12)10(6-14)9(7)5-13;2*1-2-4-6-5-3-1;1-2;;/h1H;2*1-5H;;;. The predicted octanol–water partition coefficient (Wildman–Crippen LogP) is -4.18. The van der Waals surface area contributed by atoms with Crippen molar-refractivity contribution in [2.45, 2.75) is 0 Å². The molecule has 0 bridgehead atoms. The second-order valence-electron chi connectivity index (χ2n) is 5.91. The number of carbonyl (C=O) groups excluding carboxylic acids is 5. The van der Waals surface area contributed by atoms with Crippen molar-refractivity contribution in [3.63, 3.8) is 0 Å². The van der Waals surface area contributed by atoms with Gasteiger partial charge in [-0.3, -0.25) is 0 Å². The van der Waals surface area contributed by atoms with E-state index < -0.39 is 28.8 Å². The molecule has 0 saturated heterocycles. The topological polar surface area (TPSA) is 85.3 Å². The molecule has 0 aromatic heterocycles. The third-order valence-corrected chi connectivity index (χ3v) is 14.5. The Balaban J connectivity index is 0.00000320. The fourth-order valence-electron chi connectivity index (χ4n) is 3.21. The van der Waals surface area contributed by atoms with Gasteiger partial charge in [-0.25, -0.2) is 0 Å². The molecule has 144 valence electrons. The van der Waals surface area contributed by atoms with E-state index >= 15 is 0 Å². The van der Waals surface area contributed by atoms with Crippen LogP contribution in [0.25, 0.3) is 0 Å². The fraction of sp³-hybridized carbons (Fsp3) is 0. The molecular weight excluding hydrogens is 574 g/mol. The van der Waals surface area contributed by atoms with Crippen LogP contribution in [0.5, 0.6) is 0 Å². The summed E-state index contributed by atoms with van der Waals surface area (Å²) in [6.07, 6.45) is 0. The van der Waals surface area contributed by atoms with Crippen LogP contribution in [0, 0.1) is 0 Å². The SMILES string of the molecule is O=C=c1c[c]([Sb](=[C]=O)([c]2ccccc2)[c]2ccccc2)c(=C=O)c(=C=O)c1=C=O.[Mo]. The van der Waals surface area contributed by atoms with Gasteiger partial charge in [-0.1, -0.05) is 0 Å². The molecule has 0 fully saturated rings. The van der Waals surface area contributed by atoms with Crippen LogP contribution in [-0.2, 0) is 45.0 Å². The Morgan fingerprint density at radius 2 is 1.03 bits per heavy atom. The second-order valence-corrected chi connectivity index (χ2v) is 14.6. The summed E-state index contributed by atoms with van der Waals surface area (Å²) in [6.45, 7) is 0. The van der Waals surface area contributed by atoms with Gasteiger partial charge in [0.05, 0.1) is 0 Å². The first kappa shape index (κ1) is 23.3. The number of rotatable bonds is 3. The largest absolute Gasteiger partial charge is 0 e. The van der Waals surface area contributed by atoms with Crippen LogP contribution in [0.4, 0.5) is 0 Å². The van der Waals surface area contributed by atoms with Crippen molar-refractivity contribution < 1.29 is 45.0 Å². The Labute approximate surface area is 188 Å². The Kier molecular flexibility index (Phi) is 7.94. The van der Waals surface area contributed by atoms with E-state index in [-0.39, 0.29) is 35.0 Å². The zero-order chi connectivity index (χ0) is 20.9. The molecule has 0 aliphatic heterocycles. The van der Waals surface area contributed by atoms with Crippen LogP contribution in [0.1, 0.15) is 0 Å². The molecule has 0 spiro atoms. The van der Waals surface area contributed by atoms with Gasteiger partial charge in [-0.05, 0) is 0 Å². The Morgan fingerprint density at radius 3 is 1.40 bits per heavy atom. The van der Waals surface area contributed by atoms with Crippen molar-refractivity contribution in [2.24, 2.45) is 0 Å². The maximum absolute atomic E-state index is 12.6. The number of benzene rings is 3. The minimum Gasteiger partial charge on any atom is 0 e. The third-order valence-electron chi connectivity index (χ3n) is 4.51. The summed E-state index contributed by atoms with van der Waals surface area (Å²) in [5.74, 6) is 6.28. The summed E-state index contributed by atoms with van der Waals surface area (Å²) in [6, 6.07) is 18.8. The van der Waals surface area contributed by atoms with E-state index in [1.54, 1.807) is 72.5 Å². The molecule has 3 aromatic rings. The fourth-order valence-corrected chi connectivity index (χ4v) is 12.4. The van der Waals surface area contributed by atoms with Crippen LogP contribution in [0.3, 0.4) is 0 Å². The maximum atomic E-state index is 12.6. The Morgan fingerprint density at radius 1 is 0.567 bits per heavy atom. The smallest absolute Gasteiger partial charge is 0 e. The summed E-state index contributed by atoms with van der Waals surface area (Å²) in [7, 11) is 0. The van der Waals surface area contributed by atoms with Crippen molar-refractivity contribution in [1.29, 1.82) is 0 Å². The Bertz CT molecular complexity index is 1480. The first-order valence-electron chi connectivity index (χ1n) is 8.31. The first-order valence-corrected chi connectivity index (χ1v) is 13.4. The van der Waals surface area contributed by atoms with Gasteiger partial charge in [0.1, 0.15) is 0 Å². The van der Waals surface area contributed by atoms with Gasteiger partial charge in [0.15, 0.2) is 0 Å². The zero-order valence-corrected chi connectivity index (χ0v) is 19.8. The van der Waals surface area contributed by atoms with E-state index in [0.717, 1.165) is 0 Å². The predicted molar refractivity (Wildman–Crippen MR) is 107 cm³/mol. The molecular formula is C23H11MoO5Sb. The number of hydrogen-bond acceptors (Lipinski definition) is 5. The summed E-state index contributed by atoms with van der Waals surface area (Å²) in [5, 5.41) is -1.43. The summed E-state index contributed by atoms with van der Waals surface area (Å²) >= 11 is -4.52. The van der Waals surface area contributed by atoms with E-state index in [1.165, 1.54) is 17.9 Å². The quantitative estimate of drug-likeness (QED) is 0.292. The van der Waals surface area contributed by atoms with E-state index in [0.29, 0.717) is 7.02 Å². The van der Waals surface area contributed by atoms with Gasteiger partial charge in [-0.2, -0.15) is 0 Å². The van der Waals surface area contributed by atoms with Gasteiger partial charge in [-0.15, -0.1) is 0 Å². The van der Waals surface area contributed by atoms with E-state index in [2.05, 4.69) is 3.82 Å². The minimum absolute atomic E-state index is 0. The summed E-state index contributed by atoms with van der Waals surface area (Å²) < 4.78 is 3.64. The van der Waals surface area contributed by atoms with Gasteiger partial charge in [0, 0.05) is 21.1 Å². The third kappa shape index (κ3) is 3.77. The molecule has 7 heteroatoms. The molecule has 0 aliphatic rings. The van der Waals surface area contributed by atoms with Gasteiger partial charge in [0.25, 0.3) is 0 Å². The van der Waals surface area contributed by atoms with Gasteiger partial charge < -0.3 is 0 Å². The van der Waals surface area contributed by atoms with Crippen molar-refractivity contribution >= 4 is 56.4 Å². The molecule has 3 aromatic carbocycles. The Hall–Kier alpha value is -2.93. The van der Waals surface area contributed by atoms with Gasteiger partial charge in [0.2, 0.25) is 0 Å². The van der Waals surface area contributed by atoms with Crippen molar-refractivity contribution in [1.82, 2.24) is 0 Å². The van der Waals surface area contributed by atoms with E-state index in [1.807, 2.05) is 0 Å². The van der Waals surface area contributed by atoms with Crippen LogP contribution < -0.4 is 31.4 Å². The molecule has 30 heavy (non-hydrogen) atoms. The molecule has 0 N–H and O–H groups in total. The van der Waals surface area contributed by atoms with Crippen LogP contribution >= 0.6 is 0 Å². The molecule has 0 radical (unpaired) electrons.